The van der Waals surface area contributed by atoms with Crippen LogP contribution in [0.5, 0.6) is 0 Å². The summed E-state index contributed by atoms with van der Waals surface area (Å²) >= 11 is 0. The Morgan fingerprint density at radius 2 is 1.45 bits per heavy atom. The maximum Gasteiger partial charge on any atom is 0.217 e. The molecule has 0 rings (SSSR count). The number of hydrogen-bond donors (Lipinski definition) is 4. The molecule has 0 saturated heterocycles. The van der Waals surface area contributed by atoms with Gasteiger partial charge in [-0.2, -0.15) is 0 Å². The van der Waals surface area contributed by atoms with Crippen molar-refractivity contribution in [2.24, 2.45) is 41.2 Å². The average molecular weight is 436 g/mol. The topological polar surface area (TPSA) is 104 Å². The summed E-state index contributed by atoms with van der Waals surface area (Å²) in [4.78, 5) is 11.6. The molecular formula is C26H45NO4. The van der Waals surface area contributed by atoms with Crippen molar-refractivity contribution in [1.29, 1.82) is 0 Å². The number of rotatable bonds is 15. The van der Waals surface area contributed by atoms with Gasteiger partial charge in [-0.15, -0.1) is 0 Å². The molecule has 0 aromatic rings. The third-order valence-corrected chi connectivity index (χ3v) is 6.18. The number of aliphatic hydroxyl groups is 3. The van der Waals surface area contributed by atoms with Gasteiger partial charge in [-0.3, -0.25) is 4.79 Å². The molecular weight excluding hydrogens is 390 g/mol. The van der Waals surface area contributed by atoms with Crippen molar-refractivity contribution in [3.8, 4) is 0 Å². The van der Waals surface area contributed by atoms with E-state index in [2.05, 4.69) is 6.58 Å². The third kappa shape index (κ3) is 11.5. The Hall–Kier alpha value is -1.69. The molecule has 5 nitrogen and oxygen atoms in total. The number of hydrogen-bond acceptors (Lipinski definition) is 4. The van der Waals surface area contributed by atoms with E-state index in [-0.39, 0.29) is 47.8 Å². The quantitative estimate of drug-likeness (QED) is 0.230. The lowest BCUT2D eigenvalue weighted by Gasteiger charge is -2.33. The van der Waals surface area contributed by atoms with Crippen LogP contribution in [0.4, 0.5) is 0 Å². The van der Waals surface area contributed by atoms with E-state index in [9.17, 15) is 20.1 Å². The summed E-state index contributed by atoms with van der Waals surface area (Å²) in [5.41, 5.74) is 5.46. The molecule has 0 aliphatic heterocycles. The van der Waals surface area contributed by atoms with E-state index in [0.717, 1.165) is 0 Å². The van der Waals surface area contributed by atoms with Crippen molar-refractivity contribution < 1.29 is 20.1 Å². The molecule has 31 heavy (non-hydrogen) atoms. The molecule has 0 heterocycles. The van der Waals surface area contributed by atoms with Gasteiger partial charge >= 0.3 is 0 Å². The van der Waals surface area contributed by atoms with Gasteiger partial charge in [0, 0.05) is 18.3 Å². The average Bonchev–Trinajstić information content (AvgIpc) is 2.71. The van der Waals surface area contributed by atoms with E-state index in [0.29, 0.717) is 6.42 Å². The molecule has 0 bridgehead atoms. The first kappa shape index (κ1) is 29.3. The molecule has 0 spiro atoms. The minimum atomic E-state index is -0.582. The van der Waals surface area contributed by atoms with Crippen LogP contribution in [0.3, 0.4) is 0 Å². The van der Waals surface area contributed by atoms with Crippen molar-refractivity contribution in [1.82, 2.24) is 0 Å². The van der Waals surface area contributed by atoms with Crippen LogP contribution in [0.2, 0.25) is 0 Å². The van der Waals surface area contributed by atoms with E-state index in [1.165, 1.54) is 0 Å². The minimum Gasteiger partial charge on any atom is -0.393 e. The predicted molar refractivity (Wildman–Crippen MR) is 129 cm³/mol. The summed E-state index contributed by atoms with van der Waals surface area (Å²) in [6.07, 6.45) is 12.3. The number of amides is 1. The molecule has 0 aliphatic rings. The molecule has 0 aromatic heterocycles. The number of carbonyl (C=O) groups excluding carboxylic acids is 1. The van der Waals surface area contributed by atoms with Crippen molar-refractivity contribution >= 4 is 5.91 Å². The van der Waals surface area contributed by atoms with Crippen LogP contribution in [-0.2, 0) is 4.79 Å². The second kappa shape index (κ2) is 15.2. The van der Waals surface area contributed by atoms with Gasteiger partial charge < -0.3 is 21.1 Å². The van der Waals surface area contributed by atoms with Gasteiger partial charge in [0.1, 0.15) is 0 Å². The second-order valence-electron chi connectivity index (χ2n) is 9.14. The Kier molecular flexibility index (Phi) is 14.3. The van der Waals surface area contributed by atoms with Crippen molar-refractivity contribution in [3.05, 3.63) is 49.1 Å². The van der Waals surface area contributed by atoms with E-state index < -0.39 is 18.3 Å². The monoisotopic (exact) mass is 435 g/mol. The largest absolute Gasteiger partial charge is 0.393 e. The molecule has 0 aliphatic carbocycles. The summed E-state index contributed by atoms with van der Waals surface area (Å²) in [5, 5.41) is 30.7. The first-order valence-corrected chi connectivity index (χ1v) is 11.4. The van der Waals surface area contributed by atoms with Crippen LogP contribution in [0.1, 0.15) is 54.4 Å². The first-order chi connectivity index (χ1) is 14.4. The van der Waals surface area contributed by atoms with Crippen LogP contribution in [0.25, 0.3) is 0 Å². The maximum atomic E-state index is 11.6. The van der Waals surface area contributed by atoms with Gasteiger partial charge in [0.15, 0.2) is 0 Å². The fourth-order valence-corrected chi connectivity index (χ4v) is 3.94. The predicted octanol–water partition coefficient (Wildman–Crippen LogP) is 4.01. The van der Waals surface area contributed by atoms with Gasteiger partial charge in [-0.1, -0.05) is 83.7 Å². The fourth-order valence-electron chi connectivity index (χ4n) is 3.94. The van der Waals surface area contributed by atoms with E-state index in [4.69, 9.17) is 5.73 Å². The van der Waals surface area contributed by atoms with Gasteiger partial charge in [0.05, 0.1) is 18.3 Å². The number of allylic oxidation sites excluding steroid dienone is 4. The molecule has 9 unspecified atom stereocenters. The Balaban J connectivity index is 4.99. The van der Waals surface area contributed by atoms with Gasteiger partial charge in [-0.05, 0) is 37.0 Å². The standard InChI is InChI=1S/C26H45NO4/c1-8-9-11-17(2)23(16-24(27)29)22(7)26(31)19(4)13-10-12-18(3)25(30)20(5)14-15-21(6)28/h8-12,14-15,17-23,25-26,28,30-31H,1,13,16H2,2-7H3,(H2,27,29)/b11-9-,12-10-,15-14-. The summed E-state index contributed by atoms with van der Waals surface area (Å²) in [6, 6.07) is 0. The van der Waals surface area contributed by atoms with Crippen LogP contribution >= 0.6 is 0 Å². The zero-order chi connectivity index (χ0) is 24.1. The lowest BCUT2D eigenvalue weighted by molar-refractivity contribution is -0.120. The highest BCUT2D eigenvalue weighted by Gasteiger charge is 2.31. The SMILES string of the molecule is C=C/C=C\C(C)C(CC(N)=O)C(C)C(O)C(C)C/C=C\C(C)C(O)C(C)/C=C\C(C)O. The lowest BCUT2D eigenvalue weighted by Crippen LogP contribution is -2.35. The molecule has 5 N–H and O–H groups in total. The Morgan fingerprint density at radius 3 is 1.97 bits per heavy atom. The van der Waals surface area contributed by atoms with Crippen LogP contribution < -0.4 is 5.73 Å². The molecule has 1 amide bonds. The normalized spacial score (nSPS) is 21.5. The van der Waals surface area contributed by atoms with Crippen LogP contribution in [0, 0.1) is 35.5 Å². The molecule has 0 fully saturated rings. The highest BCUT2D eigenvalue weighted by molar-refractivity contribution is 5.74. The molecule has 178 valence electrons. The van der Waals surface area contributed by atoms with Gasteiger partial charge in [0.25, 0.3) is 0 Å². The Morgan fingerprint density at radius 1 is 0.871 bits per heavy atom. The molecule has 0 aromatic carbocycles. The van der Waals surface area contributed by atoms with Crippen molar-refractivity contribution in [2.75, 3.05) is 0 Å². The number of aliphatic hydroxyl groups excluding tert-OH is 3. The molecule has 0 saturated carbocycles. The number of carbonyl (C=O) groups is 1. The van der Waals surface area contributed by atoms with Crippen molar-refractivity contribution in [2.45, 2.75) is 72.7 Å². The zero-order valence-corrected chi connectivity index (χ0v) is 20.2. The van der Waals surface area contributed by atoms with E-state index >= 15 is 0 Å². The first-order valence-electron chi connectivity index (χ1n) is 11.4. The summed E-state index contributed by atoms with van der Waals surface area (Å²) < 4.78 is 0. The molecule has 9 atom stereocenters. The zero-order valence-electron chi connectivity index (χ0n) is 20.2. The molecule has 5 heteroatoms. The summed E-state index contributed by atoms with van der Waals surface area (Å²) in [7, 11) is 0. The second-order valence-corrected chi connectivity index (χ2v) is 9.14. The lowest BCUT2D eigenvalue weighted by atomic mass is 9.75. The smallest absolute Gasteiger partial charge is 0.217 e. The molecule has 0 radical (unpaired) electrons. The van der Waals surface area contributed by atoms with Crippen LogP contribution in [0.15, 0.2) is 49.1 Å². The maximum absolute atomic E-state index is 11.6. The van der Waals surface area contributed by atoms with Gasteiger partial charge in [-0.25, -0.2) is 0 Å². The van der Waals surface area contributed by atoms with Crippen LogP contribution in [-0.4, -0.2) is 39.5 Å². The van der Waals surface area contributed by atoms with Crippen molar-refractivity contribution in [3.63, 3.8) is 0 Å². The minimum absolute atomic E-state index is 0.00545. The van der Waals surface area contributed by atoms with Gasteiger partial charge in [0.2, 0.25) is 5.91 Å². The fraction of sp³-hybridized carbons (Fsp3) is 0.654. The Labute approximate surface area is 189 Å². The third-order valence-electron chi connectivity index (χ3n) is 6.18. The van der Waals surface area contributed by atoms with E-state index in [1.54, 1.807) is 19.1 Å². The summed E-state index contributed by atoms with van der Waals surface area (Å²) in [6.45, 7) is 15.2. The highest BCUT2D eigenvalue weighted by Crippen LogP contribution is 2.32. The number of primary amides is 1. The Bertz CT molecular complexity index is 611. The highest BCUT2D eigenvalue weighted by atomic mass is 16.3. The summed E-state index contributed by atoms with van der Waals surface area (Å²) in [5.74, 6) is -0.569. The number of nitrogens with two attached hydrogens (primary N) is 1. The van der Waals surface area contributed by atoms with E-state index in [1.807, 2.05) is 65.0 Å².